The van der Waals surface area contributed by atoms with Crippen molar-refractivity contribution in [3.63, 3.8) is 0 Å². The molecule has 0 spiro atoms. The lowest BCUT2D eigenvalue weighted by atomic mass is 10.1. The van der Waals surface area contributed by atoms with Crippen molar-refractivity contribution in [2.45, 2.75) is 32.3 Å². The van der Waals surface area contributed by atoms with Gasteiger partial charge < -0.3 is 20.1 Å². The monoisotopic (exact) mass is 872 g/mol. The van der Waals surface area contributed by atoms with E-state index < -0.39 is 41.8 Å². The predicted molar refractivity (Wildman–Crippen MR) is 222 cm³/mol. The Morgan fingerprint density at radius 2 is 1.07 bits per heavy atom. The molecular formula is C36H32N4O10S6. The van der Waals surface area contributed by atoms with Crippen molar-refractivity contribution in [1.82, 2.24) is 9.97 Å². The van der Waals surface area contributed by atoms with Gasteiger partial charge in [0, 0.05) is 11.4 Å². The minimum Gasteiger partial charge on any atom is -0.494 e. The van der Waals surface area contributed by atoms with Crippen LogP contribution < -0.4 is 20.1 Å². The van der Waals surface area contributed by atoms with E-state index in [1.54, 1.807) is 0 Å². The summed E-state index contributed by atoms with van der Waals surface area (Å²) in [6.07, 6.45) is 2.45. The first kappa shape index (κ1) is 41.1. The maximum atomic E-state index is 12.8. The molecule has 292 valence electrons. The minimum absolute atomic E-state index is 0.0338. The molecule has 0 aliphatic rings. The molecule has 2 aromatic heterocycles. The van der Waals surface area contributed by atoms with Gasteiger partial charge in [0.2, 0.25) is 11.8 Å². The van der Waals surface area contributed by atoms with Gasteiger partial charge in [0.25, 0.3) is 20.2 Å². The van der Waals surface area contributed by atoms with E-state index in [4.69, 9.17) is 9.47 Å². The fourth-order valence-electron chi connectivity index (χ4n) is 5.18. The van der Waals surface area contributed by atoms with Gasteiger partial charge in [-0.2, -0.15) is 16.8 Å². The van der Waals surface area contributed by atoms with E-state index in [2.05, 4.69) is 20.6 Å². The summed E-state index contributed by atoms with van der Waals surface area (Å²) in [6, 6.07) is 18.6. The average molecular weight is 873 g/mol. The molecule has 4 N–H and O–H groups in total. The molecule has 0 saturated heterocycles. The zero-order valence-electron chi connectivity index (χ0n) is 29.4. The first-order chi connectivity index (χ1) is 26.7. The van der Waals surface area contributed by atoms with E-state index in [1.165, 1.54) is 82.6 Å². The Morgan fingerprint density at radius 1 is 0.661 bits per heavy atom. The number of hydrogen-bond donors (Lipinski definition) is 4. The Kier molecular flexibility index (Phi) is 13.0. The molecule has 0 radical (unpaired) electrons. The molecule has 56 heavy (non-hydrogen) atoms. The summed E-state index contributed by atoms with van der Waals surface area (Å²) in [5, 5.41) is 5.22. The van der Waals surface area contributed by atoms with Crippen LogP contribution in [0.1, 0.15) is 25.0 Å². The van der Waals surface area contributed by atoms with Crippen molar-refractivity contribution >= 4 is 122 Å². The minimum atomic E-state index is -4.82. The van der Waals surface area contributed by atoms with Crippen molar-refractivity contribution < 1.29 is 45.0 Å². The molecule has 0 bridgehead atoms. The molecule has 6 rings (SSSR count). The Labute approximate surface area is 338 Å². The van der Waals surface area contributed by atoms with Crippen LogP contribution in [-0.2, 0) is 29.8 Å². The van der Waals surface area contributed by atoms with Gasteiger partial charge in [-0.1, -0.05) is 47.8 Å². The number of hydrogen-bond acceptors (Lipinski definition) is 14. The van der Waals surface area contributed by atoms with Gasteiger partial charge in [-0.25, -0.2) is 9.97 Å². The number of aromatic nitrogens is 2. The topological polar surface area (TPSA) is 211 Å². The molecule has 14 nitrogen and oxygen atoms in total. The zero-order valence-corrected chi connectivity index (χ0v) is 34.3. The van der Waals surface area contributed by atoms with Crippen molar-refractivity contribution in [3.8, 4) is 11.5 Å². The molecule has 0 unspecified atom stereocenters. The van der Waals surface area contributed by atoms with E-state index in [0.717, 1.165) is 32.6 Å². The molecule has 6 aromatic rings. The third kappa shape index (κ3) is 10.6. The summed E-state index contributed by atoms with van der Waals surface area (Å²) < 4.78 is 83.6. The third-order valence-electron chi connectivity index (χ3n) is 7.55. The van der Waals surface area contributed by atoms with Crippen LogP contribution in [-0.4, -0.2) is 72.4 Å². The van der Waals surface area contributed by atoms with Gasteiger partial charge in [-0.3, -0.25) is 18.7 Å². The summed E-state index contributed by atoms with van der Waals surface area (Å²) in [5.74, 6) is 0.459. The molecular weight excluding hydrogens is 841 g/mol. The van der Waals surface area contributed by atoms with Crippen LogP contribution >= 0.6 is 46.2 Å². The molecule has 0 aliphatic carbocycles. The largest absolute Gasteiger partial charge is 0.494 e. The second-order valence-corrected chi connectivity index (χ2v) is 18.8. The number of anilines is 2. The molecule has 0 aliphatic heterocycles. The lowest BCUT2D eigenvalue weighted by molar-refractivity contribution is -0.114. The van der Waals surface area contributed by atoms with Crippen molar-refractivity contribution in [2.24, 2.45) is 0 Å². The lowest BCUT2D eigenvalue weighted by Crippen LogP contribution is -2.14. The normalized spacial score (nSPS) is 12.0. The highest BCUT2D eigenvalue weighted by molar-refractivity contribution is 8.02. The first-order valence-corrected chi connectivity index (χ1v) is 23.0. The van der Waals surface area contributed by atoms with Crippen molar-refractivity contribution in [1.29, 1.82) is 0 Å². The SMILES string of the molecule is CCOc1ccc2nc(SCC(=O)Nc3ccc(/C=C/c4ccc(NC(=O)CSc5nc6ccc(OCC)cc6s5)cc4S(=O)(=O)O)c(S(=O)(=O)O)c3)sc2c1. The number of ether oxygens (including phenoxy) is 2. The second kappa shape index (κ2) is 17.7. The maximum absolute atomic E-state index is 12.8. The van der Waals surface area contributed by atoms with Crippen LogP contribution in [0.4, 0.5) is 11.4 Å². The van der Waals surface area contributed by atoms with Gasteiger partial charge in [0.15, 0.2) is 8.68 Å². The van der Waals surface area contributed by atoms with Gasteiger partial charge in [0.1, 0.15) is 21.3 Å². The molecule has 0 fully saturated rings. The van der Waals surface area contributed by atoms with Crippen molar-refractivity contribution in [3.05, 3.63) is 83.9 Å². The number of nitrogens with zero attached hydrogens (tertiary/aromatic N) is 2. The summed E-state index contributed by atoms with van der Waals surface area (Å²) in [5.41, 5.74) is 1.61. The Hall–Kier alpha value is -4.54. The first-order valence-electron chi connectivity index (χ1n) is 16.5. The Balaban J connectivity index is 1.11. The average Bonchev–Trinajstić information content (AvgIpc) is 3.75. The van der Waals surface area contributed by atoms with E-state index in [9.17, 15) is 35.5 Å². The quantitative estimate of drug-likeness (QED) is 0.0415. The molecule has 2 amide bonds. The highest BCUT2D eigenvalue weighted by atomic mass is 32.2. The van der Waals surface area contributed by atoms with Crippen LogP contribution in [0.3, 0.4) is 0 Å². The number of fused-ring (bicyclic) bond motifs is 2. The van der Waals surface area contributed by atoms with Gasteiger partial charge >= 0.3 is 0 Å². The van der Waals surface area contributed by atoms with Crippen LogP contribution in [0.15, 0.2) is 91.3 Å². The lowest BCUT2D eigenvalue weighted by Gasteiger charge is -2.10. The molecule has 4 aromatic carbocycles. The fraction of sp³-hybridized carbons (Fsp3) is 0.167. The van der Waals surface area contributed by atoms with Crippen LogP contribution in [0.25, 0.3) is 32.6 Å². The number of carbonyl (C=O) groups excluding carboxylic acids is 2. The van der Waals surface area contributed by atoms with Crippen LogP contribution in [0.2, 0.25) is 0 Å². The van der Waals surface area contributed by atoms with E-state index >= 15 is 0 Å². The predicted octanol–water partition coefficient (Wildman–Crippen LogP) is 7.83. The number of thiazole rings is 2. The van der Waals surface area contributed by atoms with E-state index in [-0.39, 0.29) is 34.0 Å². The molecule has 2 heterocycles. The highest BCUT2D eigenvalue weighted by Gasteiger charge is 2.19. The van der Waals surface area contributed by atoms with Gasteiger partial charge in [-0.05, 0) is 85.6 Å². The smallest absolute Gasteiger partial charge is 0.295 e. The molecule has 20 heteroatoms. The third-order valence-corrected chi connectivity index (χ3v) is 13.7. The van der Waals surface area contributed by atoms with Crippen LogP contribution in [0.5, 0.6) is 11.5 Å². The second-order valence-electron chi connectivity index (χ2n) is 11.5. The number of thioether (sulfide) groups is 2. The van der Waals surface area contributed by atoms with Crippen LogP contribution in [0, 0.1) is 0 Å². The maximum Gasteiger partial charge on any atom is 0.295 e. The van der Waals surface area contributed by atoms with Crippen molar-refractivity contribution in [2.75, 3.05) is 35.4 Å². The Bertz CT molecular complexity index is 2510. The number of amides is 2. The fourth-order valence-corrected chi connectivity index (χ4v) is 10.4. The number of rotatable bonds is 16. The standard InChI is InChI=1S/C36H32N4O10S6/c1-3-49-25-11-13-27-29(17-25)53-35(39-27)51-19-33(41)37-23-9-7-21(31(15-23)55(43,44)45)5-6-22-8-10-24(16-32(22)56(46,47)48)38-34(42)20-52-36-40-28-14-12-26(50-4-2)18-30(28)54-36/h5-18H,3-4,19-20H2,1-2H3,(H,37,41)(H,38,42)(H,43,44,45)(H,46,47,48)/b6-5+. The molecule has 0 saturated carbocycles. The van der Waals surface area contributed by atoms with E-state index in [1.807, 2.05) is 50.2 Å². The van der Waals surface area contributed by atoms with Gasteiger partial charge in [0.05, 0.1) is 45.2 Å². The summed E-state index contributed by atoms with van der Waals surface area (Å²) in [6.45, 7) is 4.83. The summed E-state index contributed by atoms with van der Waals surface area (Å²) >= 11 is 5.20. The number of carbonyl (C=O) groups is 2. The number of nitrogens with one attached hydrogen (secondary N) is 2. The Morgan fingerprint density at radius 3 is 1.45 bits per heavy atom. The molecule has 0 atom stereocenters. The van der Waals surface area contributed by atoms with Gasteiger partial charge in [-0.15, -0.1) is 22.7 Å². The zero-order chi connectivity index (χ0) is 40.0. The highest BCUT2D eigenvalue weighted by Crippen LogP contribution is 2.34. The number of benzene rings is 4. The van der Waals surface area contributed by atoms with E-state index in [0.29, 0.717) is 33.4 Å². The summed E-state index contributed by atoms with van der Waals surface area (Å²) in [4.78, 5) is 33.4. The summed E-state index contributed by atoms with van der Waals surface area (Å²) in [7, 11) is -9.65.